The van der Waals surface area contributed by atoms with E-state index in [4.69, 9.17) is 14.2 Å². The van der Waals surface area contributed by atoms with Crippen molar-refractivity contribution in [2.75, 3.05) is 13.2 Å². The number of unbranched alkanes of at least 4 members (excludes halogenated alkanes) is 27. The molecule has 1 atom stereocenters. The Morgan fingerprint density at radius 3 is 0.827 bits per heavy atom. The van der Waals surface area contributed by atoms with Crippen molar-refractivity contribution in [3.63, 3.8) is 0 Å². The first kappa shape index (κ1) is 71.1. The van der Waals surface area contributed by atoms with Crippen LogP contribution in [0.4, 0.5) is 0 Å². The third kappa shape index (κ3) is 60.8. The predicted molar refractivity (Wildman–Crippen MR) is 325 cm³/mol. The van der Waals surface area contributed by atoms with E-state index >= 15 is 0 Å². The van der Waals surface area contributed by atoms with E-state index < -0.39 is 6.10 Å². The van der Waals surface area contributed by atoms with Gasteiger partial charge < -0.3 is 14.2 Å². The first-order valence-corrected chi connectivity index (χ1v) is 31.4. The fourth-order valence-electron chi connectivity index (χ4n) is 8.57. The van der Waals surface area contributed by atoms with Crippen LogP contribution in [-0.2, 0) is 28.6 Å². The SMILES string of the molecule is CC/C=C\C/C=C\C/C=C\C/C=C\C/C=C\C/C=C\C/C=C\CCCCCCCC(=O)OCC(COC(=O)CCCCCCCCCCCCCC)OC(=O)CCCCCCCCC/C=C\C/C=C\CCCCCC. The van der Waals surface area contributed by atoms with E-state index in [9.17, 15) is 14.4 Å². The van der Waals surface area contributed by atoms with Gasteiger partial charge in [0.05, 0.1) is 0 Å². The highest BCUT2D eigenvalue weighted by molar-refractivity contribution is 5.71. The van der Waals surface area contributed by atoms with Gasteiger partial charge in [-0.2, -0.15) is 0 Å². The van der Waals surface area contributed by atoms with Crippen molar-refractivity contribution in [3.8, 4) is 0 Å². The van der Waals surface area contributed by atoms with Crippen LogP contribution < -0.4 is 0 Å². The molecule has 0 aliphatic carbocycles. The van der Waals surface area contributed by atoms with Crippen LogP contribution in [0.5, 0.6) is 0 Å². The molecule has 6 heteroatoms. The Morgan fingerprint density at radius 1 is 0.280 bits per heavy atom. The normalized spacial score (nSPS) is 12.8. The molecule has 75 heavy (non-hydrogen) atoms. The number of hydrogen-bond donors (Lipinski definition) is 0. The van der Waals surface area contributed by atoms with Crippen molar-refractivity contribution in [1.82, 2.24) is 0 Å². The Hall–Kier alpha value is -3.93. The first-order valence-electron chi connectivity index (χ1n) is 31.4. The van der Waals surface area contributed by atoms with Crippen LogP contribution in [0, 0.1) is 0 Å². The van der Waals surface area contributed by atoms with Gasteiger partial charge in [-0.25, -0.2) is 0 Å². The van der Waals surface area contributed by atoms with Crippen molar-refractivity contribution in [2.45, 2.75) is 297 Å². The molecule has 6 nitrogen and oxygen atoms in total. The van der Waals surface area contributed by atoms with Crippen molar-refractivity contribution in [3.05, 3.63) is 109 Å². The Kier molecular flexibility index (Phi) is 59.3. The summed E-state index contributed by atoms with van der Waals surface area (Å²) in [5.41, 5.74) is 0. The molecule has 428 valence electrons. The Labute approximate surface area is 463 Å². The van der Waals surface area contributed by atoms with Gasteiger partial charge in [0.25, 0.3) is 0 Å². The summed E-state index contributed by atoms with van der Waals surface area (Å²) in [6.45, 7) is 6.50. The molecule has 0 saturated carbocycles. The maximum Gasteiger partial charge on any atom is 0.306 e. The smallest absolute Gasteiger partial charge is 0.306 e. The van der Waals surface area contributed by atoms with Crippen molar-refractivity contribution in [2.24, 2.45) is 0 Å². The lowest BCUT2D eigenvalue weighted by Crippen LogP contribution is -2.30. The van der Waals surface area contributed by atoms with E-state index in [2.05, 4.69) is 130 Å². The molecule has 0 aromatic rings. The third-order valence-corrected chi connectivity index (χ3v) is 13.3. The standard InChI is InChI=1S/C69H116O6/c1-4-7-10-13-16-19-22-25-27-29-31-32-33-34-35-36-37-38-39-41-42-44-47-50-53-56-59-62-68(71)74-65-66(64-73-67(70)61-58-55-52-49-46-24-21-18-15-12-9-6-3)75-69(72)63-60-57-54-51-48-45-43-40-30-28-26-23-20-17-14-11-8-5-2/h7,10,16,19-20,23,25,27-28,30-32,34-35,37-38,41-42,66H,4-6,8-9,11-15,17-18,21-22,24,26,29,33,36,39-40,43-65H2,1-3H3/b10-7-,19-16-,23-20-,27-25-,30-28-,32-31-,35-34-,38-37-,42-41-. The summed E-state index contributed by atoms with van der Waals surface area (Å²) in [5, 5.41) is 0. The van der Waals surface area contributed by atoms with Gasteiger partial charge in [0.15, 0.2) is 6.10 Å². The summed E-state index contributed by atoms with van der Waals surface area (Å²) in [4.78, 5) is 38.2. The highest BCUT2D eigenvalue weighted by atomic mass is 16.6. The fourth-order valence-corrected chi connectivity index (χ4v) is 8.57. The molecule has 0 spiro atoms. The average Bonchev–Trinajstić information content (AvgIpc) is 3.41. The summed E-state index contributed by atoms with van der Waals surface area (Å²) in [6, 6.07) is 0. The van der Waals surface area contributed by atoms with Gasteiger partial charge in [-0.3, -0.25) is 14.4 Å². The molecular weight excluding hydrogens is 925 g/mol. The lowest BCUT2D eigenvalue weighted by molar-refractivity contribution is -0.167. The summed E-state index contributed by atoms with van der Waals surface area (Å²) >= 11 is 0. The number of carbonyl (C=O) groups excluding carboxylic acids is 3. The van der Waals surface area contributed by atoms with E-state index in [1.165, 1.54) is 116 Å². The van der Waals surface area contributed by atoms with Crippen LogP contribution in [0.1, 0.15) is 290 Å². The minimum atomic E-state index is -0.791. The Bertz CT molecular complexity index is 1520. The van der Waals surface area contributed by atoms with E-state index in [0.717, 1.165) is 135 Å². The third-order valence-electron chi connectivity index (χ3n) is 13.3. The number of rotatable bonds is 56. The minimum Gasteiger partial charge on any atom is -0.462 e. The van der Waals surface area contributed by atoms with Crippen LogP contribution in [0.15, 0.2) is 109 Å². The molecule has 1 unspecified atom stereocenters. The second-order valence-corrected chi connectivity index (χ2v) is 20.6. The van der Waals surface area contributed by atoms with Crippen LogP contribution in [0.2, 0.25) is 0 Å². The number of carbonyl (C=O) groups is 3. The van der Waals surface area contributed by atoms with Crippen molar-refractivity contribution < 1.29 is 28.6 Å². The number of hydrogen-bond acceptors (Lipinski definition) is 6. The van der Waals surface area contributed by atoms with E-state index in [1.54, 1.807) is 0 Å². The zero-order valence-electron chi connectivity index (χ0n) is 49.0. The maximum absolute atomic E-state index is 12.9. The second kappa shape index (κ2) is 62.6. The van der Waals surface area contributed by atoms with Gasteiger partial charge in [-0.15, -0.1) is 0 Å². The summed E-state index contributed by atoms with van der Waals surface area (Å²) < 4.78 is 16.9. The first-order chi connectivity index (χ1) is 37.0. The van der Waals surface area contributed by atoms with E-state index in [-0.39, 0.29) is 31.1 Å². The largest absolute Gasteiger partial charge is 0.462 e. The molecule has 0 aromatic heterocycles. The summed E-state index contributed by atoms with van der Waals surface area (Å²) in [6.07, 6.45) is 85.1. The fraction of sp³-hybridized carbons (Fsp3) is 0.696. The van der Waals surface area contributed by atoms with Gasteiger partial charge in [0.2, 0.25) is 0 Å². The molecule has 0 fully saturated rings. The Morgan fingerprint density at radius 2 is 0.520 bits per heavy atom. The highest BCUT2D eigenvalue weighted by Crippen LogP contribution is 2.15. The molecule has 0 N–H and O–H groups in total. The van der Waals surface area contributed by atoms with E-state index in [0.29, 0.717) is 19.3 Å². The molecule has 0 bridgehead atoms. The molecular formula is C69H116O6. The molecule has 0 saturated heterocycles. The predicted octanol–water partition coefficient (Wildman–Crippen LogP) is 21.4. The lowest BCUT2D eigenvalue weighted by Gasteiger charge is -2.18. The zero-order valence-corrected chi connectivity index (χ0v) is 49.0. The number of esters is 3. The quantitative estimate of drug-likeness (QED) is 0.0261. The molecule has 0 amide bonds. The van der Waals surface area contributed by atoms with Crippen molar-refractivity contribution in [1.29, 1.82) is 0 Å². The number of allylic oxidation sites excluding steroid dienone is 18. The maximum atomic E-state index is 12.9. The zero-order chi connectivity index (χ0) is 54.3. The monoisotopic (exact) mass is 1040 g/mol. The minimum absolute atomic E-state index is 0.0863. The molecule has 0 heterocycles. The van der Waals surface area contributed by atoms with Crippen LogP contribution in [0.3, 0.4) is 0 Å². The molecule has 0 radical (unpaired) electrons. The van der Waals surface area contributed by atoms with Crippen LogP contribution >= 0.6 is 0 Å². The lowest BCUT2D eigenvalue weighted by atomic mass is 10.0. The van der Waals surface area contributed by atoms with Gasteiger partial charge in [-0.05, 0) is 109 Å². The van der Waals surface area contributed by atoms with Crippen LogP contribution in [-0.4, -0.2) is 37.2 Å². The van der Waals surface area contributed by atoms with Gasteiger partial charge in [0.1, 0.15) is 13.2 Å². The number of ether oxygens (including phenoxy) is 3. The molecule has 0 aliphatic heterocycles. The second-order valence-electron chi connectivity index (χ2n) is 20.6. The van der Waals surface area contributed by atoms with Crippen LogP contribution in [0.25, 0.3) is 0 Å². The molecule has 0 aliphatic rings. The average molecular weight is 1040 g/mol. The van der Waals surface area contributed by atoms with Gasteiger partial charge >= 0.3 is 17.9 Å². The Balaban J connectivity index is 4.37. The van der Waals surface area contributed by atoms with Gasteiger partial charge in [-0.1, -0.05) is 271 Å². The molecule has 0 aromatic carbocycles. The molecule has 0 rings (SSSR count). The highest BCUT2D eigenvalue weighted by Gasteiger charge is 2.19. The van der Waals surface area contributed by atoms with Crippen molar-refractivity contribution >= 4 is 17.9 Å². The summed E-state index contributed by atoms with van der Waals surface area (Å²) in [5.74, 6) is -0.908. The summed E-state index contributed by atoms with van der Waals surface area (Å²) in [7, 11) is 0. The topological polar surface area (TPSA) is 78.9 Å². The van der Waals surface area contributed by atoms with Gasteiger partial charge in [0, 0.05) is 19.3 Å². The van der Waals surface area contributed by atoms with E-state index in [1.807, 2.05) is 0 Å².